The van der Waals surface area contributed by atoms with Crippen molar-refractivity contribution in [1.82, 2.24) is 5.32 Å². The monoisotopic (exact) mass is 292 g/mol. The molecule has 0 unspecified atom stereocenters. The molecule has 0 aromatic heterocycles. The number of hydrogen-bond donors (Lipinski definition) is 2. The molecule has 1 aromatic carbocycles. The lowest BCUT2D eigenvalue weighted by Crippen LogP contribution is -2.48. The summed E-state index contributed by atoms with van der Waals surface area (Å²) in [5, 5.41) is 11.8. The summed E-state index contributed by atoms with van der Waals surface area (Å²) in [6, 6.07) is 8.13. The Kier molecular flexibility index (Phi) is 7.29. The van der Waals surface area contributed by atoms with Gasteiger partial charge in [-0.3, -0.25) is 4.90 Å². The molecule has 0 fully saturated rings. The number of carboxylic acid groups (broad SMARTS) is 1. The topological polar surface area (TPSA) is 69.6 Å². The first-order chi connectivity index (χ1) is 10.1. The van der Waals surface area contributed by atoms with Crippen molar-refractivity contribution >= 4 is 17.7 Å². The Bertz CT molecular complexity index is 448. The molecule has 116 valence electrons. The zero-order valence-corrected chi connectivity index (χ0v) is 12.7. The van der Waals surface area contributed by atoms with E-state index in [9.17, 15) is 9.59 Å². The van der Waals surface area contributed by atoms with Crippen LogP contribution in [0.1, 0.15) is 39.5 Å². The van der Waals surface area contributed by atoms with E-state index in [1.165, 1.54) is 0 Å². The van der Waals surface area contributed by atoms with Gasteiger partial charge in [-0.05, 0) is 25.0 Å². The summed E-state index contributed by atoms with van der Waals surface area (Å²) in [7, 11) is 0. The highest BCUT2D eigenvalue weighted by Gasteiger charge is 2.22. The van der Waals surface area contributed by atoms with Gasteiger partial charge < -0.3 is 10.4 Å². The highest BCUT2D eigenvalue weighted by molar-refractivity contribution is 5.94. The molecular formula is C16H24N2O3. The number of carboxylic acids is 1. The molecule has 21 heavy (non-hydrogen) atoms. The molecule has 0 aliphatic carbocycles. The van der Waals surface area contributed by atoms with Gasteiger partial charge in [0.1, 0.15) is 6.04 Å². The summed E-state index contributed by atoms with van der Waals surface area (Å²) in [6.45, 7) is 4.52. The van der Waals surface area contributed by atoms with Crippen molar-refractivity contribution in [3.05, 3.63) is 30.3 Å². The molecule has 0 saturated heterocycles. The van der Waals surface area contributed by atoms with Gasteiger partial charge in [-0.2, -0.15) is 0 Å². The van der Waals surface area contributed by atoms with Gasteiger partial charge in [-0.15, -0.1) is 0 Å². The number of carbonyl (C=O) groups excluding carboxylic acids is 1. The van der Waals surface area contributed by atoms with Gasteiger partial charge in [0.25, 0.3) is 0 Å². The molecule has 0 aliphatic rings. The maximum absolute atomic E-state index is 12.4. The number of rotatable bonds is 8. The Morgan fingerprint density at radius 3 is 2.38 bits per heavy atom. The minimum absolute atomic E-state index is 0.351. The number of unbranched alkanes of at least 4 members (excludes halogenated alkanes) is 1. The van der Waals surface area contributed by atoms with Crippen molar-refractivity contribution in [2.24, 2.45) is 0 Å². The number of nitrogens with one attached hydrogen (secondary N) is 1. The molecule has 2 amide bonds. The molecule has 1 atom stereocenters. The van der Waals surface area contributed by atoms with Gasteiger partial charge in [-0.1, -0.05) is 44.9 Å². The molecule has 5 nitrogen and oxygen atoms in total. The van der Waals surface area contributed by atoms with Crippen molar-refractivity contribution in [2.75, 3.05) is 11.4 Å². The summed E-state index contributed by atoms with van der Waals surface area (Å²) in [4.78, 5) is 25.2. The van der Waals surface area contributed by atoms with Crippen molar-refractivity contribution in [3.8, 4) is 0 Å². The summed E-state index contributed by atoms with van der Waals surface area (Å²) in [5.41, 5.74) is 0.782. The second-order valence-corrected chi connectivity index (χ2v) is 4.97. The molecule has 0 heterocycles. The number of nitrogens with zero attached hydrogens (tertiary/aromatic N) is 1. The van der Waals surface area contributed by atoms with Gasteiger partial charge in [0, 0.05) is 12.2 Å². The van der Waals surface area contributed by atoms with E-state index in [-0.39, 0.29) is 6.03 Å². The number of para-hydroxylation sites is 1. The van der Waals surface area contributed by atoms with Crippen LogP contribution in [0, 0.1) is 0 Å². The fraction of sp³-hybridized carbons (Fsp3) is 0.500. The summed E-state index contributed by atoms with van der Waals surface area (Å²) in [5.74, 6) is -0.992. The molecule has 0 bridgehead atoms. The predicted octanol–water partition coefficient (Wildman–Crippen LogP) is 3.26. The first kappa shape index (κ1) is 17.0. The minimum atomic E-state index is -0.992. The first-order valence-electron chi connectivity index (χ1n) is 7.46. The number of anilines is 1. The quantitative estimate of drug-likeness (QED) is 0.772. The molecule has 2 N–H and O–H groups in total. The Morgan fingerprint density at radius 1 is 1.19 bits per heavy atom. The molecule has 1 aromatic rings. The number of urea groups is 1. The Morgan fingerprint density at radius 2 is 1.86 bits per heavy atom. The summed E-state index contributed by atoms with van der Waals surface area (Å²) >= 11 is 0. The molecule has 0 radical (unpaired) electrons. The lowest BCUT2D eigenvalue weighted by Gasteiger charge is -2.25. The second kappa shape index (κ2) is 9.00. The van der Waals surface area contributed by atoms with Gasteiger partial charge in [0.15, 0.2) is 0 Å². The van der Waals surface area contributed by atoms with Gasteiger partial charge in [0.05, 0.1) is 0 Å². The number of benzene rings is 1. The third-order valence-electron chi connectivity index (χ3n) is 3.22. The zero-order valence-electron chi connectivity index (χ0n) is 12.7. The van der Waals surface area contributed by atoms with E-state index in [0.717, 1.165) is 18.5 Å². The van der Waals surface area contributed by atoms with Crippen LogP contribution in [0.3, 0.4) is 0 Å². The van der Waals surface area contributed by atoms with E-state index < -0.39 is 12.0 Å². The minimum Gasteiger partial charge on any atom is -0.480 e. The third-order valence-corrected chi connectivity index (χ3v) is 3.22. The molecule has 0 aliphatic heterocycles. The average molecular weight is 292 g/mol. The van der Waals surface area contributed by atoms with E-state index in [1.54, 1.807) is 4.90 Å². The van der Waals surface area contributed by atoms with E-state index >= 15 is 0 Å². The zero-order chi connectivity index (χ0) is 15.7. The fourth-order valence-electron chi connectivity index (χ4n) is 2.05. The number of carbonyl (C=O) groups is 2. The van der Waals surface area contributed by atoms with E-state index in [0.29, 0.717) is 19.4 Å². The van der Waals surface area contributed by atoms with Crippen molar-refractivity contribution in [1.29, 1.82) is 0 Å². The first-order valence-corrected chi connectivity index (χ1v) is 7.46. The number of amides is 2. The van der Waals surface area contributed by atoms with Crippen molar-refractivity contribution in [3.63, 3.8) is 0 Å². The van der Waals surface area contributed by atoms with Gasteiger partial charge >= 0.3 is 12.0 Å². The largest absolute Gasteiger partial charge is 0.480 e. The highest BCUT2D eigenvalue weighted by Crippen LogP contribution is 2.15. The Balaban J connectivity index is 2.82. The average Bonchev–Trinajstić information content (AvgIpc) is 2.48. The van der Waals surface area contributed by atoms with Crippen LogP contribution in [-0.2, 0) is 4.79 Å². The van der Waals surface area contributed by atoms with E-state index in [4.69, 9.17) is 5.11 Å². The predicted molar refractivity (Wildman–Crippen MR) is 83.6 cm³/mol. The van der Waals surface area contributed by atoms with Gasteiger partial charge in [0.2, 0.25) is 0 Å². The molecular weight excluding hydrogens is 268 g/mol. The van der Waals surface area contributed by atoms with Crippen LogP contribution < -0.4 is 10.2 Å². The van der Waals surface area contributed by atoms with Crippen LogP contribution in [0.5, 0.6) is 0 Å². The smallest absolute Gasteiger partial charge is 0.326 e. The number of aliphatic carboxylic acids is 1. The molecule has 0 saturated carbocycles. The Hall–Kier alpha value is -2.04. The van der Waals surface area contributed by atoms with E-state index in [2.05, 4.69) is 12.2 Å². The normalized spacial score (nSPS) is 11.7. The summed E-state index contributed by atoms with van der Waals surface area (Å²) < 4.78 is 0. The second-order valence-electron chi connectivity index (χ2n) is 4.97. The number of hydrogen-bond acceptors (Lipinski definition) is 2. The fourth-order valence-corrected chi connectivity index (χ4v) is 2.05. The molecule has 1 rings (SSSR count). The van der Waals surface area contributed by atoms with Crippen molar-refractivity contribution in [2.45, 2.75) is 45.6 Å². The van der Waals surface area contributed by atoms with Crippen LogP contribution in [0.4, 0.5) is 10.5 Å². The SMILES string of the molecule is CCCCN(C(=O)N[C@H](CCC)C(=O)O)c1ccccc1. The van der Waals surface area contributed by atoms with Crippen LogP contribution in [0.2, 0.25) is 0 Å². The van der Waals surface area contributed by atoms with Crippen LogP contribution >= 0.6 is 0 Å². The van der Waals surface area contributed by atoms with Crippen LogP contribution in [-0.4, -0.2) is 29.7 Å². The lowest BCUT2D eigenvalue weighted by molar-refractivity contribution is -0.139. The van der Waals surface area contributed by atoms with E-state index in [1.807, 2.05) is 37.3 Å². The lowest BCUT2D eigenvalue weighted by atomic mass is 10.2. The maximum Gasteiger partial charge on any atom is 0.326 e. The standard InChI is InChI=1S/C16H24N2O3/c1-3-5-12-18(13-10-7-6-8-11-13)16(21)17-14(9-4-2)15(19)20/h6-8,10-11,14H,3-5,9,12H2,1-2H3,(H,17,21)(H,19,20)/t14-/m1/s1. The molecule has 5 heteroatoms. The van der Waals surface area contributed by atoms with Gasteiger partial charge in [-0.25, -0.2) is 9.59 Å². The van der Waals surface area contributed by atoms with Crippen LogP contribution in [0.15, 0.2) is 30.3 Å². The Labute approximate surface area is 126 Å². The van der Waals surface area contributed by atoms with Crippen molar-refractivity contribution < 1.29 is 14.7 Å². The maximum atomic E-state index is 12.4. The molecule has 0 spiro atoms. The summed E-state index contributed by atoms with van der Waals surface area (Å²) in [6.07, 6.45) is 2.97. The third kappa shape index (κ3) is 5.45. The highest BCUT2D eigenvalue weighted by atomic mass is 16.4. The van der Waals surface area contributed by atoms with Crippen LogP contribution in [0.25, 0.3) is 0 Å².